The van der Waals surface area contributed by atoms with E-state index in [1.165, 1.54) is 35.2 Å². The van der Waals surface area contributed by atoms with Crippen molar-refractivity contribution in [2.75, 3.05) is 10.7 Å². The van der Waals surface area contributed by atoms with Crippen molar-refractivity contribution >= 4 is 60.3 Å². The maximum absolute atomic E-state index is 13.0. The van der Waals surface area contributed by atoms with E-state index < -0.39 is 0 Å². The van der Waals surface area contributed by atoms with Crippen molar-refractivity contribution < 1.29 is 13.6 Å². The number of carbonyl (C=O) groups excluding carboxylic acids is 1. The van der Waals surface area contributed by atoms with Gasteiger partial charge in [-0.05, 0) is 54.6 Å². The number of thioether (sulfide) groups is 1. The van der Waals surface area contributed by atoms with E-state index >= 15 is 0 Å². The standard InChI is InChI=1S/C21H16BrFN2O2S2/c22-14-3-8-18-19(12-14)29-21(24-18)25(13-16-2-1-10-27-16)20(26)9-11-28-17-6-4-15(23)5-7-17/h1-8,10,12H,9,11,13H2. The molecular formula is C21H16BrFN2O2S2. The number of rotatable bonds is 7. The lowest BCUT2D eigenvalue weighted by Crippen LogP contribution is -2.30. The Morgan fingerprint density at radius 3 is 2.79 bits per heavy atom. The molecule has 0 spiro atoms. The van der Waals surface area contributed by atoms with Gasteiger partial charge >= 0.3 is 0 Å². The summed E-state index contributed by atoms with van der Waals surface area (Å²) >= 11 is 6.47. The van der Waals surface area contributed by atoms with Gasteiger partial charge in [0.2, 0.25) is 5.91 Å². The molecule has 0 saturated heterocycles. The summed E-state index contributed by atoms with van der Waals surface area (Å²) in [5.74, 6) is 0.992. The Morgan fingerprint density at radius 2 is 2.03 bits per heavy atom. The number of amides is 1. The van der Waals surface area contributed by atoms with Crippen LogP contribution >= 0.6 is 39.0 Å². The van der Waals surface area contributed by atoms with E-state index in [2.05, 4.69) is 20.9 Å². The zero-order chi connectivity index (χ0) is 20.2. The summed E-state index contributed by atoms with van der Waals surface area (Å²) in [4.78, 5) is 20.3. The molecule has 0 atom stereocenters. The number of thiazole rings is 1. The molecule has 2 heterocycles. The number of benzene rings is 2. The van der Waals surface area contributed by atoms with Crippen LogP contribution in [0.4, 0.5) is 9.52 Å². The van der Waals surface area contributed by atoms with Gasteiger partial charge in [-0.2, -0.15) is 0 Å². The fraction of sp³-hybridized carbons (Fsp3) is 0.143. The second kappa shape index (κ2) is 9.11. The van der Waals surface area contributed by atoms with Gasteiger partial charge < -0.3 is 4.42 Å². The molecule has 0 bridgehead atoms. The third kappa shape index (κ3) is 5.07. The molecule has 0 saturated carbocycles. The molecule has 0 aliphatic rings. The largest absolute Gasteiger partial charge is 0.467 e. The van der Waals surface area contributed by atoms with Crippen molar-refractivity contribution in [3.8, 4) is 0 Å². The lowest BCUT2D eigenvalue weighted by atomic mass is 10.3. The Hall–Kier alpha value is -2.16. The van der Waals surface area contributed by atoms with Crippen molar-refractivity contribution in [3.63, 3.8) is 0 Å². The van der Waals surface area contributed by atoms with Crippen LogP contribution in [0.3, 0.4) is 0 Å². The lowest BCUT2D eigenvalue weighted by Gasteiger charge is -2.18. The summed E-state index contributed by atoms with van der Waals surface area (Å²) < 4.78 is 20.5. The van der Waals surface area contributed by atoms with Gasteiger partial charge in [0.1, 0.15) is 11.6 Å². The van der Waals surface area contributed by atoms with Crippen LogP contribution in [0.1, 0.15) is 12.2 Å². The molecule has 4 nitrogen and oxygen atoms in total. The number of halogens is 2. The first-order valence-corrected chi connectivity index (χ1v) is 11.5. The number of carbonyl (C=O) groups is 1. The Balaban J connectivity index is 1.51. The maximum Gasteiger partial charge on any atom is 0.230 e. The molecule has 1 amide bonds. The fourth-order valence-electron chi connectivity index (χ4n) is 2.74. The van der Waals surface area contributed by atoms with Crippen LogP contribution in [-0.4, -0.2) is 16.6 Å². The first-order chi connectivity index (χ1) is 14.1. The maximum atomic E-state index is 13.0. The first-order valence-electron chi connectivity index (χ1n) is 8.86. The highest BCUT2D eigenvalue weighted by Crippen LogP contribution is 2.32. The summed E-state index contributed by atoms with van der Waals surface area (Å²) in [5.41, 5.74) is 0.853. The predicted molar refractivity (Wildman–Crippen MR) is 119 cm³/mol. The molecule has 2 aromatic carbocycles. The Labute approximate surface area is 183 Å². The Kier molecular flexibility index (Phi) is 6.32. The number of furan rings is 1. The minimum Gasteiger partial charge on any atom is -0.467 e. The third-order valence-electron chi connectivity index (χ3n) is 4.16. The summed E-state index contributed by atoms with van der Waals surface area (Å²) in [6.45, 7) is 0.327. The quantitative estimate of drug-likeness (QED) is 0.277. The zero-order valence-corrected chi connectivity index (χ0v) is 18.4. The first kappa shape index (κ1) is 20.1. The molecule has 148 valence electrons. The molecule has 0 aliphatic carbocycles. The van der Waals surface area contributed by atoms with E-state index in [0.717, 1.165) is 19.6 Å². The average Bonchev–Trinajstić information content (AvgIpc) is 3.36. The van der Waals surface area contributed by atoms with E-state index in [0.29, 0.717) is 29.6 Å². The molecular weight excluding hydrogens is 475 g/mol. The molecule has 0 fully saturated rings. The van der Waals surface area contributed by atoms with E-state index in [4.69, 9.17) is 4.42 Å². The molecule has 4 aromatic rings. The molecule has 2 aromatic heterocycles. The minimum absolute atomic E-state index is 0.0332. The highest BCUT2D eigenvalue weighted by Gasteiger charge is 2.21. The molecule has 0 aliphatic heterocycles. The van der Waals surface area contributed by atoms with Crippen LogP contribution in [0.2, 0.25) is 0 Å². The van der Waals surface area contributed by atoms with Crippen molar-refractivity contribution in [2.24, 2.45) is 0 Å². The van der Waals surface area contributed by atoms with Gasteiger partial charge in [-0.1, -0.05) is 27.3 Å². The molecule has 4 rings (SSSR count). The van der Waals surface area contributed by atoms with Gasteiger partial charge in [-0.15, -0.1) is 11.8 Å². The highest BCUT2D eigenvalue weighted by atomic mass is 79.9. The summed E-state index contributed by atoms with van der Waals surface area (Å²) in [6, 6.07) is 15.8. The van der Waals surface area contributed by atoms with E-state index in [9.17, 15) is 9.18 Å². The van der Waals surface area contributed by atoms with Crippen LogP contribution in [0.25, 0.3) is 10.2 Å². The number of aromatic nitrogens is 1. The SMILES string of the molecule is O=C(CCSc1ccc(F)cc1)N(Cc1ccco1)c1nc2ccc(Br)cc2s1. The van der Waals surface area contributed by atoms with Crippen LogP contribution < -0.4 is 4.90 Å². The predicted octanol–water partition coefficient (Wildman–Crippen LogP) is 6.51. The second-order valence-electron chi connectivity index (χ2n) is 6.22. The van der Waals surface area contributed by atoms with Crippen molar-refractivity contribution in [1.29, 1.82) is 0 Å². The summed E-state index contributed by atoms with van der Waals surface area (Å²) in [5, 5.41) is 0.645. The topological polar surface area (TPSA) is 46.3 Å². The summed E-state index contributed by atoms with van der Waals surface area (Å²) in [7, 11) is 0. The van der Waals surface area contributed by atoms with E-state index in [-0.39, 0.29) is 11.7 Å². The smallest absolute Gasteiger partial charge is 0.230 e. The average molecular weight is 491 g/mol. The van der Waals surface area contributed by atoms with Crippen LogP contribution in [0.5, 0.6) is 0 Å². The van der Waals surface area contributed by atoms with Crippen molar-refractivity contribution in [3.05, 3.63) is 76.9 Å². The van der Waals surface area contributed by atoms with Gasteiger partial charge in [-0.3, -0.25) is 9.69 Å². The molecule has 8 heteroatoms. The zero-order valence-electron chi connectivity index (χ0n) is 15.2. The number of hydrogen-bond donors (Lipinski definition) is 0. The Morgan fingerprint density at radius 1 is 1.21 bits per heavy atom. The number of anilines is 1. The van der Waals surface area contributed by atoms with Gasteiger partial charge in [0.25, 0.3) is 0 Å². The Bertz CT molecular complexity index is 1110. The van der Waals surface area contributed by atoms with Gasteiger partial charge in [0.15, 0.2) is 5.13 Å². The number of hydrogen-bond acceptors (Lipinski definition) is 5. The second-order valence-corrected chi connectivity index (χ2v) is 9.31. The fourth-order valence-corrected chi connectivity index (χ4v) is 5.12. The van der Waals surface area contributed by atoms with Crippen LogP contribution in [0.15, 0.2) is 74.6 Å². The van der Waals surface area contributed by atoms with Crippen molar-refractivity contribution in [2.45, 2.75) is 17.9 Å². The normalized spacial score (nSPS) is 11.1. The highest BCUT2D eigenvalue weighted by molar-refractivity contribution is 9.10. The van der Waals surface area contributed by atoms with Crippen molar-refractivity contribution in [1.82, 2.24) is 4.98 Å². The minimum atomic E-state index is -0.266. The van der Waals surface area contributed by atoms with Crippen LogP contribution in [-0.2, 0) is 11.3 Å². The molecule has 0 N–H and O–H groups in total. The third-order valence-corrected chi connectivity index (χ3v) is 6.71. The summed E-state index contributed by atoms with van der Waals surface area (Å²) in [6.07, 6.45) is 1.93. The number of nitrogens with zero attached hydrogens (tertiary/aromatic N) is 2. The molecule has 0 radical (unpaired) electrons. The number of fused-ring (bicyclic) bond motifs is 1. The molecule has 0 unspecified atom stereocenters. The molecule has 29 heavy (non-hydrogen) atoms. The van der Waals surface area contributed by atoms with E-state index in [1.807, 2.05) is 24.3 Å². The van der Waals surface area contributed by atoms with Gasteiger partial charge in [0, 0.05) is 21.5 Å². The monoisotopic (exact) mass is 490 g/mol. The van der Waals surface area contributed by atoms with E-state index in [1.54, 1.807) is 29.4 Å². The van der Waals surface area contributed by atoms with Gasteiger partial charge in [0.05, 0.1) is 23.0 Å². The lowest BCUT2D eigenvalue weighted by molar-refractivity contribution is -0.118. The van der Waals surface area contributed by atoms with Crippen LogP contribution in [0, 0.1) is 5.82 Å². The van der Waals surface area contributed by atoms with Gasteiger partial charge in [-0.25, -0.2) is 9.37 Å².